The normalized spacial score (nSPS) is 30.9. The zero-order valence-electron chi connectivity index (χ0n) is 10.3. The van der Waals surface area contributed by atoms with Crippen molar-refractivity contribution >= 4 is 11.3 Å². The number of rotatable bonds is 1. The maximum Gasteiger partial charge on any atom is 0.0695 e. The minimum atomic E-state index is -0.0994. The van der Waals surface area contributed by atoms with Crippen LogP contribution in [0.2, 0.25) is 0 Å². The van der Waals surface area contributed by atoms with E-state index in [-0.39, 0.29) is 6.10 Å². The summed E-state index contributed by atoms with van der Waals surface area (Å²) < 4.78 is 0. The third-order valence-corrected chi connectivity index (χ3v) is 5.27. The Balaban J connectivity index is 1.72. The molecule has 0 spiro atoms. The molecule has 1 fully saturated rings. The molecule has 2 atom stereocenters. The van der Waals surface area contributed by atoms with E-state index in [2.05, 4.69) is 16.3 Å². The molecule has 0 aromatic carbocycles. The number of hydrogen-bond donors (Lipinski definition) is 1. The van der Waals surface area contributed by atoms with E-state index in [0.29, 0.717) is 6.04 Å². The van der Waals surface area contributed by atoms with Crippen molar-refractivity contribution in [3.8, 4) is 0 Å². The first-order chi connectivity index (χ1) is 8.34. The number of thiophene rings is 1. The Labute approximate surface area is 107 Å². The summed E-state index contributed by atoms with van der Waals surface area (Å²) >= 11 is 1.89. The molecule has 1 aromatic rings. The third kappa shape index (κ3) is 2.42. The molecule has 0 saturated heterocycles. The van der Waals surface area contributed by atoms with Crippen molar-refractivity contribution in [1.82, 2.24) is 4.90 Å². The maximum atomic E-state index is 10.3. The molecular weight excluding hydrogens is 230 g/mol. The van der Waals surface area contributed by atoms with Gasteiger partial charge in [-0.15, -0.1) is 11.3 Å². The lowest BCUT2D eigenvalue weighted by Crippen LogP contribution is -2.45. The van der Waals surface area contributed by atoms with E-state index in [9.17, 15) is 5.11 Å². The van der Waals surface area contributed by atoms with Gasteiger partial charge in [-0.1, -0.05) is 19.3 Å². The smallest absolute Gasteiger partial charge is 0.0695 e. The zero-order valence-corrected chi connectivity index (χ0v) is 11.1. The van der Waals surface area contributed by atoms with E-state index in [4.69, 9.17) is 0 Å². The van der Waals surface area contributed by atoms with Crippen molar-refractivity contribution in [2.24, 2.45) is 0 Å². The third-order valence-electron chi connectivity index (χ3n) is 4.25. The standard InChI is InChI=1S/C14H21NOS/c16-13-5-3-1-2-4-12(13)15-8-6-14-11(10-15)7-9-17-14/h7,9,12-13,16H,1-6,8,10H2. The summed E-state index contributed by atoms with van der Waals surface area (Å²) in [5.74, 6) is 0. The van der Waals surface area contributed by atoms with Crippen LogP contribution < -0.4 is 0 Å². The van der Waals surface area contributed by atoms with Crippen LogP contribution in [0.15, 0.2) is 11.4 Å². The van der Waals surface area contributed by atoms with Crippen LogP contribution in [0.5, 0.6) is 0 Å². The van der Waals surface area contributed by atoms with Gasteiger partial charge in [0.1, 0.15) is 0 Å². The Morgan fingerprint density at radius 1 is 1.24 bits per heavy atom. The summed E-state index contributed by atoms with van der Waals surface area (Å²) in [5, 5.41) is 12.5. The van der Waals surface area contributed by atoms with E-state index in [1.165, 1.54) is 37.7 Å². The summed E-state index contributed by atoms with van der Waals surface area (Å²) in [6.45, 7) is 2.19. The Bertz CT molecular complexity index is 376. The number of fused-ring (bicyclic) bond motifs is 1. The van der Waals surface area contributed by atoms with Crippen molar-refractivity contribution in [3.63, 3.8) is 0 Å². The largest absolute Gasteiger partial charge is 0.391 e. The van der Waals surface area contributed by atoms with Crippen molar-refractivity contribution < 1.29 is 5.11 Å². The van der Waals surface area contributed by atoms with Gasteiger partial charge in [-0.3, -0.25) is 4.90 Å². The topological polar surface area (TPSA) is 23.5 Å². The van der Waals surface area contributed by atoms with Crippen LogP contribution in [0.3, 0.4) is 0 Å². The molecule has 2 heterocycles. The highest BCUT2D eigenvalue weighted by molar-refractivity contribution is 7.10. The number of aliphatic hydroxyl groups is 1. The van der Waals surface area contributed by atoms with E-state index < -0.39 is 0 Å². The first kappa shape index (κ1) is 11.7. The summed E-state index contributed by atoms with van der Waals surface area (Å²) in [5.41, 5.74) is 1.50. The quantitative estimate of drug-likeness (QED) is 0.776. The van der Waals surface area contributed by atoms with Gasteiger partial charge in [0.25, 0.3) is 0 Å². The first-order valence-electron chi connectivity index (χ1n) is 6.82. The molecule has 3 rings (SSSR count). The summed E-state index contributed by atoms with van der Waals surface area (Å²) in [6, 6.07) is 2.67. The molecule has 1 saturated carbocycles. The number of hydrogen-bond acceptors (Lipinski definition) is 3. The second-order valence-electron chi connectivity index (χ2n) is 5.36. The minimum Gasteiger partial charge on any atom is -0.391 e. The van der Waals surface area contributed by atoms with Crippen molar-refractivity contribution in [1.29, 1.82) is 0 Å². The zero-order chi connectivity index (χ0) is 11.7. The average molecular weight is 251 g/mol. The molecule has 2 nitrogen and oxygen atoms in total. The number of aliphatic hydroxyl groups excluding tert-OH is 1. The molecule has 1 aromatic heterocycles. The molecule has 0 radical (unpaired) electrons. The molecule has 1 N–H and O–H groups in total. The van der Waals surface area contributed by atoms with Gasteiger partial charge in [-0.25, -0.2) is 0 Å². The van der Waals surface area contributed by atoms with Crippen LogP contribution in [0.25, 0.3) is 0 Å². The van der Waals surface area contributed by atoms with Crippen LogP contribution >= 0.6 is 11.3 Å². The molecule has 17 heavy (non-hydrogen) atoms. The second kappa shape index (κ2) is 5.09. The van der Waals surface area contributed by atoms with Crippen molar-refractivity contribution in [2.75, 3.05) is 6.54 Å². The predicted molar refractivity (Wildman–Crippen MR) is 71.3 cm³/mol. The highest BCUT2D eigenvalue weighted by Gasteiger charge is 2.29. The molecule has 1 aliphatic carbocycles. The fourth-order valence-corrected chi connectivity index (χ4v) is 4.14. The summed E-state index contributed by atoms with van der Waals surface area (Å²) in [6.07, 6.45) is 7.04. The van der Waals surface area contributed by atoms with Crippen molar-refractivity contribution in [2.45, 2.75) is 57.2 Å². The summed E-state index contributed by atoms with van der Waals surface area (Å²) in [4.78, 5) is 4.08. The Hall–Kier alpha value is -0.380. The fraction of sp³-hybridized carbons (Fsp3) is 0.714. The van der Waals surface area contributed by atoms with Crippen LogP contribution in [-0.4, -0.2) is 28.7 Å². The van der Waals surface area contributed by atoms with E-state index >= 15 is 0 Å². The molecule has 94 valence electrons. The number of nitrogens with zero attached hydrogens (tertiary/aromatic N) is 1. The lowest BCUT2D eigenvalue weighted by Gasteiger charge is -2.36. The van der Waals surface area contributed by atoms with E-state index in [1.807, 2.05) is 11.3 Å². The van der Waals surface area contributed by atoms with Crippen LogP contribution in [0.1, 0.15) is 42.5 Å². The van der Waals surface area contributed by atoms with Gasteiger partial charge in [0.2, 0.25) is 0 Å². The second-order valence-corrected chi connectivity index (χ2v) is 6.36. The van der Waals surface area contributed by atoms with Gasteiger partial charge in [0.05, 0.1) is 6.10 Å². The van der Waals surface area contributed by atoms with Crippen LogP contribution in [0, 0.1) is 0 Å². The van der Waals surface area contributed by atoms with Gasteiger partial charge in [0.15, 0.2) is 0 Å². The Kier molecular flexibility index (Phi) is 3.50. The molecule has 1 aliphatic heterocycles. The fourth-order valence-electron chi connectivity index (χ4n) is 3.25. The lowest BCUT2D eigenvalue weighted by atomic mass is 10.0. The van der Waals surface area contributed by atoms with Crippen LogP contribution in [0.4, 0.5) is 0 Å². The van der Waals surface area contributed by atoms with Gasteiger partial charge < -0.3 is 5.11 Å². The van der Waals surface area contributed by atoms with Gasteiger partial charge in [0, 0.05) is 24.0 Å². The Morgan fingerprint density at radius 3 is 3.06 bits per heavy atom. The van der Waals surface area contributed by atoms with E-state index in [0.717, 1.165) is 19.5 Å². The first-order valence-corrected chi connectivity index (χ1v) is 7.70. The minimum absolute atomic E-state index is 0.0994. The summed E-state index contributed by atoms with van der Waals surface area (Å²) in [7, 11) is 0. The highest BCUT2D eigenvalue weighted by Crippen LogP contribution is 2.29. The monoisotopic (exact) mass is 251 g/mol. The van der Waals surface area contributed by atoms with Crippen LogP contribution in [-0.2, 0) is 13.0 Å². The molecular formula is C14H21NOS. The molecule has 2 unspecified atom stereocenters. The SMILES string of the molecule is OC1CCCCCC1N1CCc2sccc2C1. The van der Waals surface area contributed by atoms with Gasteiger partial charge >= 0.3 is 0 Å². The van der Waals surface area contributed by atoms with E-state index in [1.54, 1.807) is 4.88 Å². The highest BCUT2D eigenvalue weighted by atomic mass is 32.1. The average Bonchev–Trinajstić information content (AvgIpc) is 2.70. The lowest BCUT2D eigenvalue weighted by molar-refractivity contribution is 0.0370. The molecule has 0 amide bonds. The van der Waals surface area contributed by atoms with Gasteiger partial charge in [-0.05, 0) is 36.3 Å². The van der Waals surface area contributed by atoms with Gasteiger partial charge in [-0.2, -0.15) is 0 Å². The predicted octanol–water partition coefficient (Wildman–Crippen LogP) is 2.80. The molecule has 2 aliphatic rings. The maximum absolute atomic E-state index is 10.3. The van der Waals surface area contributed by atoms with Crippen molar-refractivity contribution in [3.05, 3.63) is 21.9 Å². The molecule has 3 heteroatoms. The molecule has 0 bridgehead atoms. The Morgan fingerprint density at radius 2 is 2.12 bits per heavy atom.